The van der Waals surface area contributed by atoms with Crippen molar-refractivity contribution in [2.75, 3.05) is 24.5 Å². The number of para-hydroxylation sites is 1. The molecule has 1 aromatic heterocycles. The predicted octanol–water partition coefficient (Wildman–Crippen LogP) is 2.74. The summed E-state index contributed by atoms with van der Waals surface area (Å²) in [7, 11) is 0. The Morgan fingerprint density at radius 2 is 1.79 bits per heavy atom. The maximum Gasteiger partial charge on any atom is 0.417 e. The third kappa shape index (κ3) is 4.03. The second-order valence-corrected chi connectivity index (χ2v) is 7.11. The van der Waals surface area contributed by atoms with Crippen LogP contribution in [0.15, 0.2) is 48.7 Å². The lowest BCUT2D eigenvalue weighted by atomic mass is 10.0. The number of nitrogens with zero attached hydrogens (tertiary/aromatic N) is 3. The maximum absolute atomic E-state index is 12.7. The van der Waals surface area contributed by atoms with Crippen molar-refractivity contribution in [3.63, 3.8) is 0 Å². The number of ether oxygens (including phenoxy) is 1. The van der Waals surface area contributed by atoms with E-state index in [0.717, 1.165) is 18.0 Å². The van der Waals surface area contributed by atoms with Gasteiger partial charge in [-0.05, 0) is 18.2 Å². The lowest BCUT2D eigenvalue weighted by molar-refractivity contribution is -0.144. The van der Waals surface area contributed by atoms with Gasteiger partial charge >= 0.3 is 6.18 Å². The summed E-state index contributed by atoms with van der Waals surface area (Å²) < 4.78 is 43.2. The van der Waals surface area contributed by atoms with Gasteiger partial charge in [0.2, 0.25) is 17.7 Å². The first-order valence-corrected chi connectivity index (χ1v) is 9.15. The van der Waals surface area contributed by atoms with Crippen molar-refractivity contribution < 1.29 is 27.5 Å². The number of likely N-dealkylation sites (tertiary alicyclic amines) is 1. The maximum atomic E-state index is 12.7. The molecule has 2 aromatic rings. The van der Waals surface area contributed by atoms with E-state index >= 15 is 0 Å². The van der Waals surface area contributed by atoms with Crippen LogP contribution in [0.4, 0.5) is 18.9 Å². The summed E-state index contributed by atoms with van der Waals surface area (Å²) >= 11 is 0. The first kappa shape index (κ1) is 19.2. The number of alkyl halides is 3. The van der Waals surface area contributed by atoms with Gasteiger partial charge in [0.05, 0.1) is 24.6 Å². The minimum absolute atomic E-state index is 0.0846. The van der Waals surface area contributed by atoms with Crippen LogP contribution in [-0.4, -0.2) is 47.4 Å². The van der Waals surface area contributed by atoms with E-state index in [2.05, 4.69) is 4.98 Å². The molecule has 152 valence electrons. The molecule has 4 rings (SSSR count). The Kier molecular flexibility index (Phi) is 4.89. The summed E-state index contributed by atoms with van der Waals surface area (Å²) in [6.45, 7) is 0.972. The number of hydrogen-bond donors (Lipinski definition) is 0. The molecule has 6 nitrogen and oxygen atoms in total. The van der Waals surface area contributed by atoms with Crippen LogP contribution in [0.3, 0.4) is 0 Å². The van der Waals surface area contributed by atoms with E-state index in [4.69, 9.17) is 4.74 Å². The number of hydrogen-bond acceptors (Lipinski definition) is 4. The van der Waals surface area contributed by atoms with E-state index in [1.807, 2.05) is 30.3 Å². The average molecular weight is 405 g/mol. The minimum atomic E-state index is -4.45. The van der Waals surface area contributed by atoms with Crippen LogP contribution in [0.2, 0.25) is 0 Å². The zero-order valence-electron chi connectivity index (χ0n) is 15.3. The minimum Gasteiger partial charge on any atom is -0.471 e. The average Bonchev–Trinajstić information content (AvgIpc) is 3.06. The number of carbonyl (C=O) groups is 2. The van der Waals surface area contributed by atoms with Crippen LogP contribution in [0, 0.1) is 5.92 Å². The van der Waals surface area contributed by atoms with E-state index < -0.39 is 17.7 Å². The highest BCUT2D eigenvalue weighted by molar-refractivity contribution is 6.00. The topological polar surface area (TPSA) is 62.7 Å². The van der Waals surface area contributed by atoms with E-state index in [1.165, 1.54) is 6.07 Å². The molecule has 29 heavy (non-hydrogen) atoms. The van der Waals surface area contributed by atoms with Crippen LogP contribution >= 0.6 is 0 Å². The van der Waals surface area contributed by atoms with Gasteiger partial charge in [0.15, 0.2) is 0 Å². The van der Waals surface area contributed by atoms with E-state index in [-0.39, 0.29) is 30.2 Å². The van der Waals surface area contributed by atoms with Gasteiger partial charge in [0.1, 0.15) is 6.10 Å². The molecule has 1 atom stereocenters. The quantitative estimate of drug-likeness (QED) is 0.785. The van der Waals surface area contributed by atoms with Crippen molar-refractivity contribution in [2.45, 2.75) is 18.7 Å². The fourth-order valence-corrected chi connectivity index (χ4v) is 3.47. The number of pyridine rings is 1. The van der Waals surface area contributed by atoms with Crippen LogP contribution in [0.1, 0.15) is 12.0 Å². The fourth-order valence-electron chi connectivity index (χ4n) is 3.47. The van der Waals surface area contributed by atoms with Gasteiger partial charge in [-0.3, -0.25) is 9.59 Å². The van der Waals surface area contributed by atoms with E-state index in [0.29, 0.717) is 19.6 Å². The molecule has 2 amide bonds. The van der Waals surface area contributed by atoms with Gasteiger partial charge in [-0.1, -0.05) is 18.2 Å². The lowest BCUT2D eigenvalue weighted by Crippen LogP contribution is -2.57. The number of benzene rings is 1. The second kappa shape index (κ2) is 7.38. The van der Waals surface area contributed by atoms with Gasteiger partial charge in [0, 0.05) is 30.9 Å². The van der Waals surface area contributed by atoms with Crippen molar-refractivity contribution in [2.24, 2.45) is 5.92 Å². The highest BCUT2D eigenvalue weighted by atomic mass is 19.4. The first-order chi connectivity index (χ1) is 13.8. The predicted molar refractivity (Wildman–Crippen MR) is 97.1 cm³/mol. The molecule has 0 bridgehead atoms. The van der Waals surface area contributed by atoms with Crippen molar-refractivity contribution in [3.05, 3.63) is 54.2 Å². The molecule has 3 heterocycles. The molecule has 0 N–H and O–H groups in total. The molecule has 0 aliphatic carbocycles. The zero-order chi connectivity index (χ0) is 20.6. The molecule has 2 saturated heterocycles. The third-order valence-electron chi connectivity index (χ3n) is 5.05. The SMILES string of the molecule is O=C(C1CC(=O)N(c2ccccc2)C1)N1CC(Oc2ccc(C(F)(F)F)cn2)C1. The van der Waals surface area contributed by atoms with Gasteiger partial charge < -0.3 is 14.5 Å². The summed E-state index contributed by atoms with van der Waals surface area (Å²) in [5, 5.41) is 0. The summed E-state index contributed by atoms with van der Waals surface area (Å²) in [5.74, 6) is -0.525. The molecule has 1 aromatic carbocycles. The van der Waals surface area contributed by atoms with Crippen molar-refractivity contribution in [1.82, 2.24) is 9.88 Å². The molecule has 0 radical (unpaired) electrons. The molecular formula is C20H18F3N3O3. The van der Waals surface area contributed by atoms with Crippen molar-refractivity contribution >= 4 is 17.5 Å². The van der Waals surface area contributed by atoms with Gasteiger partial charge in [-0.15, -0.1) is 0 Å². The molecular weight excluding hydrogens is 387 g/mol. The number of amides is 2. The highest BCUT2D eigenvalue weighted by Gasteiger charge is 2.41. The Morgan fingerprint density at radius 3 is 2.41 bits per heavy atom. The first-order valence-electron chi connectivity index (χ1n) is 9.15. The van der Waals surface area contributed by atoms with Gasteiger partial charge in [0.25, 0.3) is 0 Å². The van der Waals surface area contributed by atoms with E-state index in [1.54, 1.807) is 9.80 Å². The van der Waals surface area contributed by atoms with Gasteiger partial charge in [-0.25, -0.2) is 4.98 Å². The summed E-state index contributed by atoms with van der Waals surface area (Å²) in [4.78, 5) is 31.8. The van der Waals surface area contributed by atoms with Gasteiger partial charge in [-0.2, -0.15) is 13.2 Å². The summed E-state index contributed by atoms with van der Waals surface area (Å²) in [6, 6.07) is 11.3. The standard InChI is InChI=1S/C20H18F3N3O3/c21-20(22,23)14-6-7-17(24-9-14)29-16-11-25(12-16)19(28)13-8-18(27)26(10-13)15-4-2-1-3-5-15/h1-7,9,13,16H,8,10-12H2. The zero-order valence-corrected chi connectivity index (χ0v) is 15.3. The Labute approximate surface area is 164 Å². The van der Waals surface area contributed by atoms with E-state index in [9.17, 15) is 22.8 Å². The number of carbonyl (C=O) groups excluding carboxylic acids is 2. The lowest BCUT2D eigenvalue weighted by Gasteiger charge is -2.39. The number of anilines is 1. The number of halogens is 3. The van der Waals surface area contributed by atoms with Crippen LogP contribution in [0.25, 0.3) is 0 Å². The highest BCUT2D eigenvalue weighted by Crippen LogP contribution is 2.30. The van der Waals surface area contributed by atoms with Crippen molar-refractivity contribution in [3.8, 4) is 5.88 Å². The van der Waals surface area contributed by atoms with Crippen LogP contribution in [-0.2, 0) is 15.8 Å². The Hall–Kier alpha value is -3.10. The number of aromatic nitrogens is 1. The van der Waals surface area contributed by atoms with Crippen molar-refractivity contribution in [1.29, 1.82) is 0 Å². The summed E-state index contributed by atoms with van der Waals surface area (Å²) in [5.41, 5.74) is -0.0740. The molecule has 1 unspecified atom stereocenters. The monoisotopic (exact) mass is 405 g/mol. The normalized spacial score (nSPS) is 20.0. The molecule has 9 heteroatoms. The second-order valence-electron chi connectivity index (χ2n) is 7.11. The molecule has 2 aliphatic rings. The fraction of sp³-hybridized carbons (Fsp3) is 0.350. The summed E-state index contributed by atoms with van der Waals surface area (Å²) in [6.07, 6.45) is -3.89. The Morgan fingerprint density at radius 1 is 1.07 bits per heavy atom. The van der Waals surface area contributed by atoms with Crippen LogP contribution < -0.4 is 9.64 Å². The van der Waals surface area contributed by atoms with Crippen LogP contribution in [0.5, 0.6) is 5.88 Å². The Balaban J connectivity index is 1.29. The molecule has 0 saturated carbocycles. The largest absolute Gasteiger partial charge is 0.471 e. The molecule has 2 fully saturated rings. The Bertz CT molecular complexity index is 897. The molecule has 2 aliphatic heterocycles. The third-order valence-corrected chi connectivity index (χ3v) is 5.05. The molecule has 0 spiro atoms. The number of rotatable bonds is 4. The smallest absolute Gasteiger partial charge is 0.417 e.